The van der Waals surface area contributed by atoms with Crippen LogP contribution in [0.15, 0.2) is 11.1 Å². The number of ether oxygens (including phenoxy) is 1. The van der Waals surface area contributed by atoms with Crippen LogP contribution >= 0.6 is 22.9 Å². The molecule has 5 nitrogen and oxygen atoms in total. The lowest BCUT2D eigenvalue weighted by atomic mass is 9.85. The molecule has 3 aliphatic rings. The summed E-state index contributed by atoms with van der Waals surface area (Å²) in [6.07, 6.45) is 6.42. The third kappa shape index (κ3) is 2.70. The third-order valence-electron chi connectivity index (χ3n) is 5.40. The van der Waals surface area contributed by atoms with E-state index in [-0.39, 0.29) is 24.3 Å². The van der Waals surface area contributed by atoms with Crippen LogP contribution in [0.5, 0.6) is 0 Å². The van der Waals surface area contributed by atoms with Crippen LogP contribution in [0.4, 0.5) is 5.00 Å². The molecule has 2 aliphatic carbocycles. The molecule has 0 bridgehead atoms. The van der Waals surface area contributed by atoms with E-state index in [1.807, 2.05) is 6.08 Å². The van der Waals surface area contributed by atoms with Crippen molar-refractivity contribution in [2.45, 2.75) is 45.4 Å². The number of rotatable bonds is 3. The molecule has 0 unspecified atom stereocenters. The Labute approximate surface area is 161 Å². The van der Waals surface area contributed by atoms with Gasteiger partial charge in [-0.3, -0.25) is 9.59 Å². The van der Waals surface area contributed by atoms with Crippen molar-refractivity contribution in [1.29, 1.82) is 0 Å². The lowest BCUT2D eigenvalue weighted by molar-refractivity contribution is -0.122. The lowest BCUT2D eigenvalue weighted by Crippen LogP contribution is -2.31. The van der Waals surface area contributed by atoms with Gasteiger partial charge in [-0.1, -0.05) is 17.7 Å². The highest BCUT2D eigenvalue weighted by Crippen LogP contribution is 2.46. The highest BCUT2D eigenvalue weighted by atomic mass is 35.5. The maximum atomic E-state index is 13.0. The number of anilines is 1. The lowest BCUT2D eigenvalue weighted by Gasteiger charge is -2.17. The smallest absolute Gasteiger partial charge is 0.341 e. The van der Waals surface area contributed by atoms with Crippen molar-refractivity contribution in [3.63, 3.8) is 0 Å². The van der Waals surface area contributed by atoms with Crippen LogP contribution in [0.3, 0.4) is 0 Å². The molecule has 1 aromatic rings. The Morgan fingerprint density at radius 3 is 2.77 bits per heavy atom. The zero-order valence-corrected chi connectivity index (χ0v) is 16.1. The van der Waals surface area contributed by atoms with Crippen LogP contribution in [0.1, 0.15) is 53.4 Å². The Morgan fingerprint density at radius 1 is 1.27 bits per heavy atom. The van der Waals surface area contributed by atoms with E-state index in [0.29, 0.717) is 28.4 Å². The van der Waals surface area contributed by atoms with Crippen molar-refractivity contribution in [2.24, 2.45) is 11.8 Å². The predicted molar refractivity (Wildman–Crippen MR) is 99.6 cm³/mol. The van der Waals surface area contributed by atoms with E-state index in [4.69, 9.17) is 16.3 Å². The molecule has 1 aliphatic heterocycles. The summed E-state index contributed by atoms with van der Waals surface area (Å²) in [7, 11) is 0. The van der Waals surface area contributed by atoms with Crippen LogP contribution in [0.2, 0.25) is 0 Å². The van der Waals surface area contributed by atoms with Gasteiger partial charge in [0, 0.05) is 9.91 Å². The number of esters is 1. The molecule has 0 spiro atoms. The van der Waals surface area contributed by atoms with Gasteiger partial charge in [0.05, 0.1) is 24.0 Å². The summed E-state index contributed by atoms with van der Waals surface area (Å²) in [4.78, 5) is 41.0. The third-order valence-corrected chi connectivity index (χ3v) is 6.99. The number of imide groups is 1. The molecule has 0 N–H and O–H groups in total. The molecule has 0 radical (unpaired) electrons. The van der Waals surface area contributed by atoms with Gasteiger partial charge < -0.3 is 4.74 Å². The van der Waals surface area contributed by atoms with Crippen LogP contribution in [-0.2, 0) is 27.2 Å². The summed E-state index contributed by atoms with van der Waals surface area (Å²) >= 11 is 7.50. The van der Waals surface area contributed by atoms with Crippen LogP contribution in [-0.4, -0.2) is 24.4 Å². The van der Waals surface area contributed by atoms with Crippen molar-refractivity contribution in [1.82, 2.24) is 0 Å². The number of carbonyl (C=O) groups excluding carboxylic acids is 3. The van der Waals surface area contributed by atoms with E-state index in [9.17, 15) is 14.4 Å². The van der Waals surface area contributed by atoms with E-state index in [1.165, 1.54) is 16.2 Å². The average Bonchev–Trinajstić information content (AvgIpc) is 3.11. The Hall–Kier alpha value is -1.66. The number of nitrogens with zero attached hydrogens (tertiary/aromatic N) is 1. The topological polar surface area (TPSA) is 63.7 Å². The van der Waals surface area contributed by atoms with E-state index in [1.54, 1.807) is 6.92 Å². The minimum Gasteiger partial charge on any atom is -0.462 e. The van der Waals surface area contributed by atoms with E-state index in [0.717, 1.165) is 36.1 Å². The molecule has 26 heavy (non-hydrogen) atoms. The summed E-state index contributed by atoms with van der Waals surface area (Å²) in [5.74, 6) is -1.69. The predicted octanol–water partition coefficient (Wildman–Crippen LogP) is 3.83. The van der Waals surface area contributed by atoms with Gasteiger partial charge in [0.15, 0.2) is 0 Å². The minimum absolute atomic E-state index is 0.218. The molecule has 2 amide bonds. The standard InChI is InChI=1S/C19H20ClNO4S/c1-2-25-19(24)15-12-5-3-4-6-14(12)26-18(15)21-16(22)11-8-7-10(20)9-13(11)17(21)23/h7,11,13H,2-6,8-9H2,1H3/t11-,13+/m0/s1. The van der Waals surface area contributed by atoms with E-state index >= 15 is 0 Å². The van der Waals surface area contributed by atoms with Crippen LogP contribution < -0.4 is 4.90 Å². The molecule has 1 saturated heterocycles. The van der Waals surface area contributed by atoms with Gasteiger partial charge >= 0.3 is 5.97 Å². The van der Waals surface area contributed by atoms with Crippen molar-refractivity contribution < 1.29 is 19.1 Å². The van der Waals surface area contributed by atoms with Crippen molar-refractivity contribution in [2.75, 3.05) is 11.5 Å². The summed E-state index contributed by atoms with van der Waals surface area (Å²) in [5, 5.41) is 1.08. The van der Waals surface area contributed by atoms with Crippen LogP contribution in [0, 0.1) is 11.8 Å². The molecule has 1 aromatic heterocycles. The average molecular weight is 394 g/mol. The maximum absolute atomic E-state index is 13.0. The highest BCUT2D eigenvalue weighted by Gasteiger charge is 2.50. The summed E-state index contributed by atoms with van der Waals surface area (Å²) in [5.41, 5.74) is 1.38. The number of aryl methyl sites for hydroxylation is 1. The summed E-state index contributed by atoms with van der Waals surface area (Å²) < 4.78 is 5.25. The fourth-order valence-corrected chi connectivity index (χ4v) is 5.79. The van der Waals surface area contributed by atoms with E-state index < -0.39 is 11.9 Å². The number of halogens is 1. The Balaban J connectivity index is 1.78. The second kappa shape index (κ2) is 6.82. The van der Waals surface area contributed by atoms with Gasteiger partial charge in [0.25, 0.3) is 0 Å². The van der Waals surface area contributed by atoms with Gasteiger partial charge in [-0.15, -0.1) is 11.3 Å². The fraction of sp³-hybridized carbons (Fsp3) is 0.526. The molecular formula is C19H20ClNO4S. The number of hydrogen-bond acceptors (Lipinski definition) is 5. The van der Waals surface area contributed by atoms with Gasteiger partial charge in [-0.05, 0) is 51.0 Å². The quantitative estimate of drug-likeness (QED) is 0.578. The fourth-order valence-electron chi connectivity index (χ4n) is 4.15. The molecule has 0 aromatic carbocycles. The second-order valence-corrected chi connectivity index (χ2v) is 8.50. The Bertz CT molecular complexity index is 828. The van der Waals surface area contributed by atoms with Gasteiger partial charge in [0.2, 0.25) is 11.8 Å². The first-order chi connectivity index (χ1) is 12.5. The molecular weight excluding hydrogens is 374 g/mol. The van der Waals surface area contributed by atoms with Crippen molar-refractivity contribution in [3.8, 4) is 0 Å². The normalized spacial score (nSPS) is 25.0. The number of amides is 2. The largest absolute Gasteiger partial charge is 0.462 e. The van der Waals surface area contributed by atoms with Crippen LogP contribution in [0.25, 0.3) is 0 Å². The van der Waals surface area contributed by atoms with Gasteiger partial charge in [-0.2, -0.15) is 0 Å². The Kier molecular flexibility index (Phi) is 4.65. The number of allylic oxidation sites excluding steroid dienone is 2. The van der Waals surface area contributed by atoms with Crippen molar-refractivity contribution >= 4 is 45.7 Å². The maximum Gasteiger partial charge on any atom is 0.341 e. The summed E-state index contributed by atoms with van der Waals surface area (Å²) in [6.45, 7) is 2.01. The molecule has 0 saturated carbocycles. The van der Waals surface area contributed by atoms with Gasteiger partial charge in [-0.25, -0.2) is 9.69 Å². The molecule has 4 rings (SSSR count). The first kappa shape index (κ1) is 17.7. The van der Waals surface area contributed by atoms with E-state index in [2.05, 4.69) is 0 Å². The monoisotopic (exact) mass is 393 g/mol. The first-order valence-corrected chi connectivity index (χ1v) is 10.3. The molecule has 1 fully saturated rings. The number of thiophene rings is 1. The van der Waals surface area contributed by atoms with Crippen molar-refractivity contribution in [3.05, 3.63) is 27.1 Å². The zero-order chi connectivity index (χ0) is 18.4. The first-order valence-electron chi connectivity index (χ1n) is 9.07. The summed E-state index contributed by atoms with van der Waals surface area (Å²) in [6, 6.07) is 0. The minimum atomic E-state index is -0.437. The molecule has 2 atom stereocenters. The van der Waals surface area contributed by atoms with Gasteiger partial charge in [0.1, 0.15) is 5.00 Å². The number of fused-ring (bicyclic) bond motifs is 2. The molecule has 7 heteroatoms. The number of hydrogen-bond donors (Lipinski definition) is 0. The zero-order valence-electron chi connectivity index (χ0n) is 14.5. The second-order valence-electron chi connectivity index (χ2n) is 6.93. The Morgan fingerprint density at radius 2 is 2.00 bits per heavy atom. The highest BCUT2D eigenvalue weighted by molar-refractivity contribution is 7.17. The molecule has 138 valence electrons. The SMILES string of the molecule is CCOC(=O)c1c(N2C(=O)[C@H]3CC=C(Cl)C[C@H]3C2=O)sc2c1CCCC2. The number of carbonyl (C=O) groups is 3. The molecule has 2 heterocycles.